The maximum Gasteiger partial charge on any atom is 0.261 e. The zero-order chi connectivity index (χ0) is 21.8. The van der Waals surface area contributed by atoms with E-state index in [0.717, 1.165) is 0 Å². The van der Waals surface area contributed by atoms with Crippen LogP contribution in [-0.2, 0) is 14.8 Å². The van der Waals surface area contributed by atoms with Crippen LogP contribution in [0.2, 0.25) is 0 Å². The normalized spacial score (nSPS) is 14.1. The van der Waals surface area contributed by atoms with Gasteiger partial charge in [0.1, 0.15) is 0 Å². The van der Waals surface area contributed by atoms with Gasteiger partial charge in [-0.05, 0) is 50.8 Å². The first kappa shape index (κ1) is 23.0. The van der Waals surface area contributed by atoms with Gasteiger partial charge in [0.25, 0.3) is 11.8 Å². The van der Waals surface area contributed by atoms with Gasteiger partial charge in [-0.15, -0.1) is 0 Å². The molecule has 2 N–H and O–H groups in total. The van der Waals surface area contributed by atoms with Crippen molar-refractivity contribution in [2.24, 2.45) is 5.92 Å². The van der Waals surface area contributed by atoms with Crippen LogP contribution in [0.5, 0.6) is 0 Å². The Morgan fingerprint density at radius 2 is 1.69 bits per heavy atom. The van der Waals surface area contributed by atoms with Crippen LogP contribution in [-0.4, -0.2) is 49.4 Å². The molecule has 8 nitrogen and oxygen atoms in total. The standard InChI is InChI=1S/C20H29N3O5S/c1-13(2)12-23-19(25)16-9-8-15(11-17(16)20(23)26)22-18(24)7-5-6-10-21-29(27,28)14(3)4/h8-9,11,13-14,21H,5-7,10,12H2,1-4H3,(H,22,24). The minimum absolute atomic E-state index is 0.168. The average Bonchev–Trinajstić information content (AvgIpc) is 2.85. The SMILES string of the molecule is CC(C)CN1C(=O)c2ccc(NC(=O)CCCCNS(=O)(=O)C(C)C)cc2C1=O. The number of imide groups is 1. The molecule has 0 radical (unpaired) electrons. The number of rotatable bonds is 10. The van der Waals surface area contributed by atoms with Crippen LogP contribution in [0.25, 0.3) is 0 Å². The van der Waals surface area contributed by atoms with Gasteiger partial charge in [0.15, 0.2) is 0 Å². The van der Waals surface area contributed by atoms with Crippen molar-refractivity contribution in [1.82, 2.24) is 9.62 Å². The Morgan fingerprint density at radius 3 is 2.31 bits per heavy atom. The highest BCUT2D eigenvalue weighted by molar-refractivity contribution is 7.90. The second kappa shape index (κ2) is 9.49. The molecule has 0 aliphatic carbocycles. The van der Waals surface area contributed by atoms with Gasteiger partial charge >= 0.3 is 0 Å². The number of hydrogen-bond acceptors (Lipinski definition) is 5. The molecule has 1 aliphatic rings. The van der Waals surface area contributed by atoms with E-state index >= 15 is 0 Å². The van der Waals surface area contributed by atoms with Gasteiger partial charge in [-0.2, -0.15) is 0 Å². The number of carbonyl (C=O) groups is 3. The lowest BCUT2D eigenvalue weighted by Crippen LogP contribution is -2.33. The maximum atomic E-state index is 12.5. The van der Waals surface area contributed by atoms with E-state index in [-0.39, 0.29) is 36.6 Å². The van der Waals surface area contributed by atoms with Crippen molar-refractivity contribution < 1.29 is 22.8 Å². The number of unbranched alkanes of at least 4 members (excludes halogenated alkanes) is 1. The predicted molar refractivity (Wildman–Crippen MR) is 111 cm³/mol. The molecule has 0 fully saturated rings. The van der Waals surface area contributed by atoms with E-state index in [9.17, 15) is 22.8 Å². The first-order chi connectivity index (χ1) is 13.5. The van der Waals surface area contributed by atoms with E-state index < -0.39 is 15.3 Å². The zero-order valence-corrected chi connectivity index (χ0v) is 18.1. The van der Waals surface area contributed by atoms with E-state index in [1.165, 1.54) is 11.0 Å². The fourth-order valence-corrected chi connectivity index (χ4v) is 3.68. The summed E-state index contributed by atoms with van der Waals surface area (Å²) in [6, 6.07) is 4.70. The molecule has 0 saturated carbocycles. The molecule has 0 saturated heterocycles. The molecule has 0 unspecified atom stereocenters. The Balaban J connectivity index is 1.86. The summed E-state index contributed by atoms with van der Waals surface area (Å²) in [6.07, 6.45) is 1.30. The molecule has 0 spiro atoms. The number of anilines is 1. The number of nitrogens with zero attached hydrogens (tertiary/aromatic N) is 1. The number of benzene rings is 1. The molecule has 9 heteroatoms. The van der Waals surface area contributed by atoms with E-state index in [4.69, 9.17) is 0 Å². The zero-order valence-electron chi connectivity index (χ0n) is 17.3. The third-order valence-electron chi connectivity index (χ3n) is 4.56. The highest BCUT2D eigenvalue weighted by atomic mass is 32.2. The Kier molecular flexibility index (Phi) is 7.54. The van der Waals surface area contributed by atoms with Crippen molar-refractivity contribution in [3.63, 3.8) is 0 Å². The van der Waals surface area contributed by atoms with Crippen molar-refractivity contribution >= 4 is 33.4 Å². The molecule has 160 valence electrons. The lowest BCUT2D eigenvalue weighted by atomic mass is 10.1. The molecule has 3 amide bonds. The first-order valence-corrected chi connectivity index (χ1v) is 11.4. The summed E-state index contributed by atoms with van der Waals surface area (Å²) < 4.78 is 25.8. The van der Waals surface area contributed by atoms with Gasteiger partial charge in [-0.3, -0.25) is 19.3 Å². The Labute approximate surface area is 172 Å². The molecule has 2 rings (SSSR count). The van der Waals surface area contributed by atoms with Gasteiger partial charge in [-0.25, -0.2) is 13.1 Å². The number of carbonyl (C=O) groups excluding carboxylic acids is 3. The second-order valence-electron chi connectivity index (χ2n) is 7.87. The number of amides is 3. The summed E-state index contributed by atoms with van der Waals surface area (Å²) in [5, 5.41) is 2.24. The van der Waals surface area contributed by atoms with Gasteiger partial charge in [0, 0.05) is 25.2 Å². The Hall–Kier alpha value is -2.26. The van der Waals surface area contributed by atoms with E-state index in [2.05, 4.69) is 10.0 Å². The minimum Gasteiger partial charge on any atom is -0.326 e. The summed E-state index contributed by atoms with van der Waals surface area (Å²) >= 11 is 0. The molecular formula is C20H29N3O5S. The van der Waals surface area contributed by atoms with Crippen LogP contribution in [0.1, 0.15) is 67.7 Å². The fraction of sp³-hybridized carbons (Fsp3) is 0.550. The number of sulfonamides is 1. The number of nitrogens with one attached hydrogen (secondary N) is 2. The highest BCUT2D eigenvalue weighted by Crippen LogP contribution is 2.26. The smallest absolute Gasteiger partial charge is 0.261 e. The predicted octanol–water partition coefficient (Wildman–Crippen LogP) is 2.38. The Bertz CT molecular complexity index is 893. The summed E-state index contributed by atoms with van der Waals surface area (Å²) in [5.41, 5.74) is 1.12. The lowest BCUT2D eigenvalue weighted by molar-refractivity contribution is -0.116. The van der Waals surface area contributed by atoms with Crippen LogP contribution >= 0.6 is 0 Å². The monoisotopic (exact) mass is 423 g/mol. The van der Waals surface area contributed by atoms with E-state index in [0.29, 0.717) is 36.2 Å². The van der Waals surface area contributed by atoms with Gasteiger partial charge in [-0.1, -0.05) is 13.8 Å². The maximum absolute atomic E-state index is 12.5. The summed E-state index contributed by atoms with van der Waals surface area (Å²) in [6.45, 7) is 7.72. The van der Waals surface area contributed by atoms with Gasteiger partial charge in [0.05, 0.1) is 16.4 Å². The van der Waals surface area contributed by atoms with Crippen molar-refractivity contribution in [3.05, 3.63) is 29.3 Å². The van der Waals surface area contributed by atoms with Crippen LogP contribution in [0, 0.1) is 5.92 Å². The van der Waals surface area contributed by atoms with Crippen LogP contribution in [0.3, 0.4) is 0 Å². The van der Waals surface area contributed by atoms with Crippen molar-refractivity contribution in [2.75, 3.05) is 18.4 Å². The van der Waals surface area contributed by atoms with Gasteiger partial charge in [0.2, 0.25) is 15.9 Å². The second-order valence-corrected chi connectivity index (χ2v) is 10.2. The minimum atomic E-state index is -3.29. The topological polar surface area (TPSA) is 113 Å². The van der Waals surface area contributed by atoms with E-state index in [1.54, 1.807) is 26.0 Å². The molecule has 29 heavy (non-hydrogen) atoms. The van der Waals surface area contributed by atoms with Crippen molar-refractivity contribution in [2.45, 2.75) is 52.2 Å². The summed E-state index contributed by atoms with van der Waals surface area (Å²) in [7, 11) is -3.29. The summed E-state index contributed by atoms with van der Waals surface area (Å²) in [4.78, 5) is 38.2. The molecule has 0 atom stereocenters. The van der Waals surface area contributed by atoms with Crippen LogP contribution in [0.4, 0.5) is 5.69 Å². The van der Waals surface area contributed by atoms with Crippen molar-refractivity contribution in [3.8, 4) is 0 Å². The third kappa shape index (κ3) is 5.86. The Morgan fingerprint density at radius 1 is 1.03 bits per heavy atom. The third-order valence-corrected chi connectivity index (χ3v) is 6.40. The van der Waals surface area contributed by atoms with E-state index in [1.807, 2.05) is 13.8 Å². The summed E-state index contributed by atoms with van der Waals surface area (Å²) in [5.74, 6) is -0.707. The fourth-order valence-electron chi connectivity index (χ4n) is 2.91. The lowest BCUT2D eigenvalue weighted by Gasteiger charge is -2.15. The molecule has 1 aliphatic heterocycles. The molecule has 0 aromatic heterocycles. The largest absolute Gasteiger partial charge is 0.326 e. The molecule has 1 aromatic carbocycles. The molecule has 1 aromatic rings. The number of fused-ring (bicyclic) bond motifs is 1. The van der Waals surface area contributed by atoms with Crippen LogP contribution in [0.15, 0.2) is 18.2 Å². The highest BCUT2D eigenvalue weighted by Gasteiger charge is 2.35. The molecular weight excluding hydrogens is 394 g/mol. The first-order valence-electron chi connectivity index (χ1n) is 9.81. The van der Waals surface area contributed by atoms with Gasteiger partial charge < -0.3 is 5.32 Å². The number of hydrogen-bond donors (Lipinski definition) is 2. The molecule has 1 heterocycles. The quantitative estimate of drug-likeness (QED) is 0.443. The molecule has 0 bridgehead atoms. The average molecular weight is 424 g/mol. The van der Waals surface area contributed by atoms with Crippen LogP contribution < -0.4 is 10.0 Å². The van der Waals surface area contributed by atoms with Crippen molar-refractivity contribution in [1.29, 1.82) is 0 Å².